The van der Waals surface area contributed by atoms with Gasteiger partial charge in [-0.05, 0) is 49.3 Å². The van der Waals surface area contributed by atoms with Crippen LogP contribution in [0, 0.1) is 5.92 Å². The van der Waals surface area contributed by atoms with Crippen molar-refractivity contribution in [3.05, 3.63) is 52.6 Å². The molecule has 5 heterocycles. The molecule has 0 N–H and O–H groups in total. The number of thiophene rings is 1. The molecule has 2 amide bonds. The summed E-state index contributed by atoms with van der Waals surface area (Å²) in [6, 6.07) is 9.69. The number of amides is 2. The Hall–Kier alpha value is -2.74. The van der Waals surface area contributed by atoms with Gasteiger partial charge >= 0.3 is 0 Å². The molecule has 30 heavy (non-hydrogen) atoms. The molecule has 0 saturated carbocycles. The van der Waals surface area contributed by atoms with E-state index in [1.807, 2.05) is 51.7 Å². The van der Waals surface area contributed by atoms with E-state index in [9.17, 15) is 9.59 Å². The Balaban J connectivity index is 1.15. The van der Waals surface area contributed by atoms with Crippen molar-refractivity contribution in [2.24, 2.45) is 5.92 Å². The number of carbonyl (C=O) groups is 2. The largest absolute Gasteiger partial charge is 0.342 e. The molecule has 7 nitrogen and oxygen atoms in total. The Bertz CT molecular complexity index is 1030. The molecule has 2 aliphatic rings. The van der Waals surface area contributed by atoms with Crippen LogP contribution in [0.1, 0.15) is 47.1 Å². The van der Waals surface area contributed by atoms with Gasteiger partial charge in [-0.15, -0.1) is 21.5 Å². The van der Waals surface area contributed by atoms with Gasteiger partial charge in [-0.3, -0.25) is 14.0 Å². The first kappa shape index (κ1) is 19.2. The minimum absolute atomic E-state index is 0.0304. The fourth-order valence-corrected chi connectivity index (χ4v) is 5.33. The quantitative estimate of drug-likeness (QED) is 0.649. The van der Waals surface area contributed by atoms with Crippen molar-refractivity contribution in [2.75, 3.05) is 26.2 Å². The first-order valence-corrected chi connectivity index (χ1v) is 11.5. The van der Waals surface area contributed by atoms with Gasteiger partial charge in [0.2, 0.25) is 5.91 Å². The molecule has 2 aliphatic heterocycles. The Morgan fingerprint density at radius 1 is 0.900 bits per heavy atom. The zero-order valence-electron chi connectivity index (χ0n) is 16.8. The van der Waals surface area contributed by atoms with E-state index in [-0.39, 0.29) is 17.7 Å². The van der Waals surface area contributed by atoms with Gasteiger partial charge in [-0.2, -0.15) is 0 Å². The lowest BCUT2D eigenvalue weighted by molar-refractivity contribution is -0.138. The fraction of sp³-hybridized carbons (Fsp3) is 0.455. The van der Waals surface area contributed by atoms with Gasteiger partial charge in [-0.25, -0.2) is 0 Å². The molecule has 8 heteroatoms. The van der Waals surface area contributed by atoms with E-state index in [4.69, 9.17) is 0 Å². The lowest BCUT2D eigenvalue weighted by Gasteiger charge is -2.37. The Kier molecular flexibility index (Phi) is 5.25. The third kappa shape index (κ3) is 3.60. The van der Waals surface area contributed by atoms with E-state index in [0.29, 0.717) is 19.0 Å². The molecule has 0 atom stereocenters. The van der Waals surface area contributed by atoms with Crippen LogP contribution in [0.3, 0.4) is 0 Å². The zero-order valence-corrected chi connectivity index (χ0v) is 17.6. The minimum atomic E-state index is 0.0304. The molecule has 0 unspecified atom stereocenters. The summed E-state index contributed by atoms with van der Waals surface area (Å²) in [5.41, 5.74) is 0.870. The smallest absolute Gasteiger partial charge is 0.263 e. The summed E-state index contributed by atoms with van der Waals surface area (Å²) < 4.78 is 2.06. The number of hydrogen-bond donors (Lipinski definition) is 0. The van der Waals surface area contributed by atoms with Crippen LogP contribution in [0.25, 0.3) is 5.65 Å². The average molecular weight is 424 g/mol. The molecular weight excluding hydrogens is 398 g/mol. The summed E-state index contributed by atoms with van der Waals surface area (Å²) in [4.78, 5) is 30.2. The summed E-state index contributed by atoms with van der Waals surface area (Å²) in [7, 11) is 0. The number of fused-ring (bicyclic) bond motifs is 1. The van der Waals surface area contributed by atoms with Crippen LogP contribution in [-0.4, -0.2) is 62.4 Å². The van der Waals surface area contributed by atoms with Crippen LogP contribution < -0.4 is 0 Å². The van der Waals surface area contributed by atoms with E-state index in [1.54, 1.807) is 0 Å². The summed E-state index contributed by atoms with van der Waals surface area (Å²) in [5.74, 6) is 1.71. The number of nitrogens with zero attached hydrogens (tertiary/aromatic N) is 5. The van der Waals surface area contributed by atoms with Crippen LogP contribution in [-0.2, 0) is 4.79 Å². The Morgan fingerprint density at radius 2 is 1.67 bits per heavy atom. The predicted molar refractivity (Wildman–Crippen MR) is 114 cm³/mol. The van der Waals surface area contributed by atoms with Crippen LogP contribution in [0.5, 0.6) is 0 Å². The van der Waals surface area contributed by atoms with Gasteiger partial charge in [0.1, 0.15) is 5.82 Å². The number of rotatable bonds is 3. The van der Waals surface area contributed by atoms with Gasteiger partial charge in [0.05, 0.1) is 4.88 Å². The average Bonchev–Trinajstić information content (AvgIpc) is 3.49. The number of aromatic nitrogens is 3. The third-order valence-electron chi connectivity index (χ3n) is 6.38. The van der Waals surface area contributed by atoms with Crippen LogP contribution in [0.15, 0.2) is 41.9 Å². The summed E-state index contributed by atoms with van der Waals surface area (Å²) in [6.07, 6.45) is 5.34. The molecule has 0 spiro atoms. The second-order valence-corrected chi connectivity index (χ2v) is 9.08. The van der Waals surface area contributed by atoms with Crippen molar-refractivity contribution >= 4 is 28.8 Å². The Labute approximate surface area is 179 Å². The van der Waals surface area contributed by atoms with Gasteiger partial charge in [0.15, 0.2) is 5.65 Å². The maximum Gasteiger partial charge on any atom is 0.263 e. The molecule has 156 valence electrons. The first-order valence-electron chi connectivity index (χ1n) is 10.6. The highest BCUT2D eigenvalue weighted by Crippen LogP contribution is 2.29. The lowest BCUT2D eigenvalue weighted by Crippen LogP contribution is -2.46. The number of carbonyl (C=O) groups excluding carboxylic acids is 2. The summed E-state index contributed by atoms with van der Waals surface area (Å²) in [6.45, 7) is 2.85. The maximum absolute atomic E-state index is 13.1. The molecule has 2 fully saturated rings. The summed E-state index contributed by atoms with van der Waals surface area (Å²) >= 11 is 1.48. The predicted octanol–water partition coefficient (Wildman–Crippen LogP) is 3.05. The molecule has 5 rings (SSSR count). The normalized spacial score (nSPS) is 18.8. The highest BCUT2D eigenvalue weighted by molar-refractivity contribution is 7.12. The van der Waals surface area contributed by atoms with Gasteiger partial charge in [0.25, 0.3) is 5.91 Å². The second kappa shape index (κ2) is 8.18. The van der Waals surface area contributed by atoms with Crippen molar-refractivity contribution < 1.29 is 9.59 Å². The molecule has 0 bridgehead atoms. The number of likely N-dealkylation sites (tertiary alicyclic amines) is 2. The fourth-order valence-electron chi connectivity index (χ4n) is 4.64. The van der Waals surface area contributed by atoms with E-state index in [0.717, 1.165) is 55.1 Å². The van der Waals surface area contributed by atoms with E-state index in [1.165, 1.54) is 11.3 Å². The van der Waals surface area contributed by atoms with Crippen molar-refractivity contribution in [1.82, 2.24) is 24.4 Å². The molecular formula is C22H25N5O2S. The number of pyridine rings is 1. The minimum Gasteiger partial charge on any atom is -0.342 e. The van der Waals surface area contributed by atoms with Gasteiger partial charge in [0, 0.05) is 44.2 Å². The third-order valence-corrected chi connectivity index (χ3v) is 7.23. The van der Waals surface area contributed by atoms with E-state index >= 15 is 0 Å². The van der Waals surface area contributed by atoms with E-state index < -0.39 is 0 Å². The molecule has 2 saturated heterocycles. The van der Waals surface area contributed by atoms with Crippen LogP contribution in [0.4, 0.5) is 0 Å². The Morgan fingerprint density at radius 3 is 2.40 bits per heavy atom. The highest BCUT2D eigenvalue weighted by Gasteiger charge is 2.33. The van der Waals surface area contributed by atoms with Crippen molar-refractivity contribution in [3.8, 4) is 0 Å². The first-order chi connectivity index (χ1) is 14.7. The molecule has 0 aliphatic carbocycles. The van der Waals surface area contributed by atoms with Crippen molar-refractivity contribution in [1.29, 1.82) is 0 Å². The lowest BCUT2D eigenvalue weighted by atomic mass is 9.91. The molecule has 3 aromatic rings. The molecule has 3 aromatic heterocycles. The van der Waals surface area contributed by atoms with Gasteiger partial charge in [-0.1, -0.05) is 12.1 Å². The monoisotopic (exact) mass is 423 g/mol. The standard InChI is InChI=1S/C22H25N5O2S/c28-21(17-8-13-26(14-9-17)22(29)18-4-3-15-30-18)25-11-6-16(7-12-25)20-24-23-19-5-1-2-10-27(19)20/h1-5,10,15-17H,6-9,11-14H2. The van der Waals surface area contributed by atoms with Crippen LogP contribution in [0.2, 0.25) is 0 Å². The number of piperidine rings is 2. The second-order valence-electron chi connectivity index (χ2n) is 8.13. The summed E-state index contributed by atoms with van der Waals surface area (Å²) in [5, 5.41) is 10.6. The molecule has 0 radical (unpaired) electrons. The SMILES string of the molecule is O=C(c1cccs1)N1CCC(C(=O)N2CCC(c3nnc4ccccn34)CC2)CC1. The number of hydrogen-bond acceptors (Lipinski definition) is 5. The van der Waals surface area contributed by atoms with Gasteiger partial charge < -0.3 is 9.80 Å². The van der Waals surface area contributed by atoms with E-state index in [2.05, 4.69) is 14.6 Å². The van der Waals surface area contributed by atoms with Crippen molar-refractivity contribution in [3.63, 3.8) is 0 Å². The highest BCUT2D eigenvalue weighted by atomic mass is 32.1. The van der Waals surface area contributed by atoms with Crippen molar-refractivity contribution in [2.45, 2.75) is 31.6 Å². The molecule has 0 aromatic carbocycles. The zero-order chi connectivity index (χ0) is 20.5. The topological polar surface area (TPSA) is 70.8 Å². The van der Waals surface area contributed by atoms with Crippen LogP contribution >= 0.6 is 11.3 Å². The maximum atomic E-state index is 13.1.